The van der Waals surface area contributed by atoms with Gasteiger partial charge in [0.1, 0.15) is 5.75 Å². The Morgan fingerprint density at radius 3 is 3.05 bits per heavy atom. The van der Waals surface area contributed by atoms with Crippen LogP contribution in [0, 0.1) is 6.92 Å². The predicted molar refractivity (Wildman–Crippen MR) is 65.5 cm³/mol. The standard InChI is InChI=1S/C12H12N2O4S/c1-8-3-2-4-9(5-8)17-6-10-13-14-12(18-10)19-7-11(15)16/h2-5H,6-7H2,1H3,(H,15,16)/p-1. The molecule has 2 aromatic rings. The van der Waals surface area contributed by atoms with Crippen molar-refractivity contribution in [1.82, 2.24) is 10.2 Å². The Bertz CT molecular complexity index is 570. The first-order valence-corrected chi connectivity index (χ1v) is 6.46. The minimum atomic E-state index is -1.18. The van der Waals surface area contributed by atoms with E-state index in [0.717, 1.165) is 17.3 Å². The first kappa shape index (κ1) is 13.4. The summed E-state index contributed by atoms with van der Waals surface area (Å²) in [7, 11) is 0. The van der Waals surface area contributed by atoms with Gasteiger partial charge in [-0.15, -0.1) is 10.2 Å². The van der Waals surface area contributed by atoms with E-state index in [0.29, 0.717) is 11.6 Å². The van der Waals surface area contributed by atoms with Gasteiger partial charge in [0.05, 0.1) is 5.97 Å². The van der Waals surface area contributed by atoms with Gasteiger partial charge in [0.25, 0.3) is 11.1 Å². The highest BCUT2D eigenvalue weighted by Crippen LogP contribution is 2.17. The van der Waals surface area contributed by atoms with Gasteiger partial charge in [-0.1, -0.05) is 23.9 Å². The zero-order valence-electron chi connectivity index (χ0n) is 10.2. The van der Waals surface area contributed by atoms with E-state index in [1.807, 2.05) is 31.2 Å². The van der Waals surface area contributed by atoms with Crippen LogP contribution in [0.4, 0.5) is 0 Å². The fraction of sp³-hybridized carbons (Fsp3) is 0.250. The van der Waals surface area contributed by atoms with E-state index in [4.69, 9.17) is 9.15 Å². The van der Waals surface area contributed by atoms with E-state index in [1.54, 1.807) is 0 Å². The molecule has 0 atom stereocenters. The summed E-state index contributed by atoms with van der Waals surface area (Å²) < 4.78 is 10.7. The van der Waals surface area contributed by atoms with Crippen molar-refractivity contribution in [2.24, 2.45) is 0 Å². The molecule has 0 aliphatic rings. The molecule has 0 spiro atoms. The Morgan fingerprint density at radius 2 is 2.32 bits per heavy atom. The van der Waals surface area contributed by atoms with Gasteiger partial charge in [0.2, 0.25) is 0 Å². The number of carbonyl (C=O) groups excluding carboxylic acids is 1. The highest BCUT2D eigenvalue weighted by Gasteiger charge is 2.07. The van der Waals surface area contributed by atoms with Gasteiger partial charge in [-0.25, -0.2) is 0 Å². The molecule has 0 saturated heterocycles. The van der Waals surface area contributed by atoms with Crippen molar-refractivity contribution in [1.29, 1.82) is 0 Å². The van der Waals surface area contributed by atoms with Crippen LogP contribution in [0.15, 0.2) is 33.9 Å². The van der Waals surface area contributed by atoms with E-state index in [2.05, 4.69) is 10.2 Å². The lowest BCUT2D eigenvalue weighted by molar-refractivity contribution is -0.301. The van der Waals surface area contributed by atoms with Crippen LogP contribution in [0.5, 0.6) is 5.75 Å². The number of carboxylic acid groups (broad SMARTS) is 1. The van der Waals surface area contributed by atoms with Crippen LogP contribution in [0.2, 0.25) is 0 Å². The summed E-state index contributed by atoms with van der Waals surface area (Å²) in [5.74, 6) is -0.398. The quantitative estimate of drug-likeness (QED) is 0.722. The molecular formula is C12H11N2O4S-. The zero-order valence-corrected chi connectivity index (χ0v) is 11.0. The first-order valence-electron chi connectivity index (χ1n) is 5.48. The SMILES string of the molecule is Cc1cccc(OCc2nnc(SCC(=O)[O-])o2)c1. The largest absolute Gasteiger partial charge is 0.549 e. The van der Waals surface area contributed by atoms with Crippen LogP contribution in [0.3, 0.4) is 0 Å². The molecule has 0 bridgehead atoms. The van der Waals surface area contributed by atoms with Crippen molar-refractivity contribution >= 4 is 17.7 Å². The summed E-state index contributed by atoms with van der Waals surface area (Å²) in [4.78, 5) is 10.3. The summed E-state index contributed by atoms with van der Waals surface area (Å²) >= 11 is 0.916. The number of aryl methyl sites for hydroxylation is 1. The Balaban J connectivity index is 1.88. The maximum atomic E-state index is 10.3. The molecule has 1 heterocycles. The average Bonchev–Trinajstić information content (AvgIpc) is 2.82. The van der Waals surface area contributed by atoms with E-state index >= 15 is 0 Å². The second-order valence-corrected chi connectivity index (χ2v) is 4.65. The summed E-state index contributed by atoms with van der Waals surface area (Å²) in [6.45, 7) is 2.11. The first-order chi connectivity index (χ1) is 9.13. The maximum Gasteiger partial charge on any atom is 0.277 e. The van der Waals surface area contributed by atoms with Gasteiger partial charge >= 0.3 is 0 Å². The summed E-state index contributed by atoms with van der Waals surface area (Å²) in [6, 6.07) is 7.57. The molecule has 0 aliphatic carbocycles. The summed E-state index contributed by atoms with van der Waals surface area (Å²) in [6.07, 6.45) is 0. The lowest BCUT2D eigenvalue weighted by Crippen LogP contribution is -2.24. The van der Waals surface area contributed by atoms with Gasteiger partial charge in [-0.05, 0) is 24.6 Å². The molecule has 6 nitrogen and oxygen atoms in total. The van der Waals surface area contributed by atoms with Crippen LogP contribution in [-0.4, -0.2) is 21.9 Å². The van der Waals surface area contributed by atoms with Crippen molar-refractivity contribution in [3.05, 3.63) is 35.7 Å². The molecule has 0 aliphatic heterocycles. The van der Waals surface area contributed by atoms with E-state index in [9.17, 15) is 9.90 Å². The molecule has 2 rings (SSSR count). The highest BCUT2D eigenvalue weighted by molar-refractivity contribution is 7.99. The number of carbonyl (C=O) groups is 1. The highest BCUT2D eigenvalue weighted by atomic mass is 32.2. The molecule has 0 radical (unpaired) electrons. The molecule has 1 aromatic carbocycles. The van der Waals surface area contributed by atoms with Crippen LogP contribution in [0.25, 0.3) is 0 Å². The molecule has 1 aromatic heterocycles. The van der Waals surface area contributed by atoms with Crippen molar-refractivity contribution in [2.45, 2.75) is 18.8 Å². The molecule has 0 N–H and O–H groups in total. The third-order valence-corrected chi connectivity index (χ3v) is 2.91. The van der Waals surface area contributed by atoms with Crippen LogP contribution < -0.4 is 9.84 Å². The fourth-order valence-corrected chi connectivity index (χ4v) is 1.82. The van der Waals surface area contributed by atoms with Gasteiger partial charge in [0.15, 0.2) is 6.61 Å². The molecule has 0 saturated carbocycles. The number of carboxylic acids is 1. The topological polar surface area (TPSA) is 88.3 Å². The van der Waals surface area contributed by atoms with E-state index in [-0.39, 0.29) is 17.6 Å². The lowest BCUT2D eigenvalue weighted by atomic mass is 10.2. The molecule has 19 heavy (non-hydrogen) atoms. The van der Waals surface area contributed by atoms with Crippen molar-refractivity contribution in [3.8, 4) is 5.75 Å². The summed E-state index contributed by atoms with van der Waals surface area (Å²) in [5.41, 5.74) is 1.09. The second kappa shape index (κ2) is 6.24. The van der Waals surface area contributed by atoms with Crippen molar-refractivity contribution < 1.29 is 19.1 Å². The summed E-state index contributed by atoms with van der Waals surface area (Å²) in [5, 5.41) is 17.9. The third-order valence-electron chi connectivity index (χ3n) is 2.11. The molecule has 0 fully saturated rings. The monoisotopic (exact) mass is 279 g/mol. The smallest absolute Gasteiger partial charge is 0.277 e. The zero-order chi connectivity index (χ0) is 13.7. The number of rotatable bonds is 6. The fourth-order valence-electron chi connectivity index (χ4n) is 1.33. The number of aliphatic carboxylic acids is 1. The number of hydrogen-bond acceptors (Lipinski definition) is 7. The van der Waals surface area contributed by atoms with Crippen LogP contribution >= 0.6 is 11.8 Å². The Kier molecular flexibility index (Phi) is 4.40. The Hall–Kier alpha value is -2.02. The van der Waals surface area contributed by atoms with Crippen LogP contribution in [-0.2, 0) is 11.4 Å². The maximum absolute atomic E-state index is 10.3. The molecule has 7 heteroatoms. The van der Waals surface area contributed by atoms with Crippen molar-refractivity contribution in [3.63, 3.8) is 0 Å². The Labute approximate surface area is 113 Å². The number of nitrogens with zero attached hydrogens (tertiary/aromatic N) is 2. The lowest BCUT2D eigenvalue weighted by Gasteiger charge is -2.03. The van der Waals surface area contributed by atoms with Gasteiger partial charge in [-0.3, -0.25) is 0 Å². The van der Waals surface area contributed by atoms with Crippen molar-refractivity contribution in [2.75, 3.05) is 5.75 Å². The Morgan fingerprint density at radius 1 is 1.47 bits per heavy atom. The van der Waals surface area contributed by atoms with Crippen LogP contribution in [0.1, 0.15) is 11.5 Å². The normalized spacial score (nSPS) is 10.4. The minimum absolute atomic E-state index is 0.141. The number of thioether (sulfide) groups is 1. The molecule has 100 valence electrons. The predicted octanol–water partition coefficient (Wildman–Crippen LogP) is 0.799. The minimum Gasteiger partial charge on any atom is -0.549 e. The number of aromatic nitrogens is 2. The van der Waals surface area contributed by atoms with Gasteiger partial charge < -0.3 is 19.1 Å². The number of hydrogen-bond donors (Lipinski definition) is 0. The van der Waals surface area contributed by atoms with Gasteiger partial charge in [-0.2, -0.15) is 0 Å². The molecule has 0 unspecified atom stereocenters. The third kappa shape index (κ3) is 4.29. The van der Waals surface area contributed by atoms with Gasteiger partial charge in [0, 0.05) is 5.75 Å². The second-order valence-electron chi connectivity index (χ2n) is 3.73. The van der Waals surface area contributed by atoms with E-state index in [1.165, 1.54) is 0 Å². The molecular weight excluding hydrogens is 268 g/mol. The number of ether oxygens (including phenoxy) is 1. The number of benzene rings is 1. The average molecular weight is 279 g/mol. The van der Waals surface area contributed by atoms with E-state index < -0.39 is 5.97 Å². The molecule has 0 amide bonds.